The SMILES string of the molecule is CC1CCN(c2ccc(NC(=O)COC(=O)CCc3ccco3)cc2)CC1. The lowest BCUT2D eigenvalue weighted by Crippen LogP contribution is -2.32. The molecule has 0 bridgehead atoms. The number of piperidine rings is 1. The number of ether oxygens (including phenoxy) is 1. The van der Waals surface area contributed by atoms with Crippen LogP contribution in [0.2, 0.25) is 0 Å². The molecule has 1 fully saturated rings. The van der Waals surface area contributed by atoms with E-state index in [-0.39, 0.29) is 18.9 Å². The minimum Gasteiger partial charge on any atom is -0.469 e. The van der Waals surface area contributed by atoms with Crippen LogP contribution in [0.15, 0.2) is 47.1 Å². The van der Waals surface area contributed by atoms with Gasteiger partial charge in [-0.05, 0) is 55.2 Å². The quantitative estimate of drug-likeness (QED) is 0.754. The van der Waals surface area contributed by atoms with E-state index in [1.807, 2.05) is 24.3 Å². The normalized spacial score (nSPS) is 14.8. The molecule has 1 aliphatic rings. The van der Waals surface area contributed by atoms with Crippen molar-refractivity contribution in [1.82, 2.24) is 0 Å². The molecule has 1 amide bonds. The maximum atomic E-state index is 12.0. The number of anilines is 2. The lowest BCUT2D eigenvalue weighted by atomic mass is 9.99. The molecule has 0 aliphatic carbocycles. The number of benzene rings is 1. The summed E-state index contributed by atoms with van der Waals surface area (Å²) in [6, 6.07) is 11.4. The van der Waals surface area contributed by atoms with E-state index in [1.54, 1.807) is 18.4 Å². The number of carbonyl (C=O) groups excluding carboxylic acids is 2. The van der Waals surface area contributed by atoms with Gasteiger partial charge in [-0.25, -0.2) is 0 Å². The van der Waals surface area contributed by atoms with Gasteiger partial charge in [-0.15, -0.1) is 0 Å². The van der Waals surface area contributed by atoms with Crippen molar-refractivity contribution in [1.29, 1.82) is 0 Å². The first-order valence-electron chi connectivity index (χ1n) is 9.43. The number of esters is 1. The lowest BCUT2D eigenvalue weighted by Gasteiger charge is -2.32. The Hall–Kier alpha value is -2.76. The molecule has 0 unspecified atom stereocenters. The molecule has 0 spiro atoms. The summed E-state index contributed by atoms with van der Waals surface area (Å²) in [5, 5.41) is 2.75. The summed E-state index contributed by atoms with van der Waals surface area (Å²) in [4.78, 5) is 26.0. The molecule has 3 rings (SSSR count). The van der Waals surface area contributed by atoms with Crippen LogP contribution in [-0.2, 0) is 20.7 Å². The highest BCUT2D eigenvalue weighted by Crippen LogP contribution is 2.24. The highest BCUT2D eigenvalue weighted by atomic mass is 16.5. The van der Waals surface area contributed by atoms with E-state index in [0.29, 0.717) is 12.1 Å². The van der Waals surface area contributed by atoms with Crippen LogP contribution in [-0.4, -0.2) is 31.6 Å². The second kappa shape index (κ2) is 9.26. The number of aryl methyl sites for hydroxylation is 1. The summed E-state index contributed by atoms with van der Waals surface area (Å²) in [6.07, 6.45) is 4.63. The van der Waals surface area contributed by atoms with Crippen molar-refractivity contribution in [2.24, 2.45) is 5.92 Å². The number of hydrogen-bond acceptors (Lipinski definition) is 5. The van der Waals surface area contributed by atoms with E-state index in [1.165, 1.54) is 18.5 Å². The summed E-state index contributed by atoms with van der Waals surface area (Å²) < 4.78 is 10.2. The van der Waals surface area contributed by atoms with Gasteiger partial charge in [-0.2, -0.15) is 0 Å². The summed E-state index contributed by atoms with van der Waals surface area (Å²) in [7, 11) is 0. The van der Waals surface area contributed by atoms with E-state index in [4.69, 9.17) is 9.15 Å². The maximum absolute atomic E-state index is 12.0. The average Bonchev–Trinajstić information content (AvgIpc) is 3.20. The first kappa shape index (κ1) is 19.0. The Morgan fingerprint density at radius 1 is 1.19 bits per heavy atom. The predicted octanol–water partition coefficient (Wildman–Crippen LogP) is 3.63. The molecule has 27 heavy (non-hydrogen) atoms. The third-order valence-corrected chi connectivity index (χ3v) is 4.82. The van der Waals surface area contributed by atoms with E-state index in [2.05, 4.69) is 17.1 Å². The van der Waals surface area contributed by atoms with E-state index in [0.717, 1.165) is 24.8 Å². The fourth-order valence-corrected chi connectivity index (χ4v) is 3.12. The van der Waals surface area contributed by atoms with Gasteiger partial charge in [0.1, 0.15) is 5.76 Å². The molecular weight excluding hydrogens is 344 g/mol. The third kappa shape index (κ3) is 5.88. The molecule has 144 valence electrons. The van der Waals surface area contributed by atoms with Crippen molar-refractivity contribution >= 4 is 23.3 Å². The van der Waals surface area contributed by atoms with Crippen molar-refractivity contribution in [3.05, 3.63) is 48.4 Å². The summed E-state index contributed by atoms with van der Waals surface area (Å²) >= 11 is 0. The van der Waals surface area contributed by atoms with Gasteiger partial charge in [0.05, 0.1) is 12.7 Å². The van der Waals surface area contributed by atoms with Gasteiger partial charge in [0.2, 0.25) is 0 Å². The molecule has 6 nitrogen and oxygen atoms in total. The van der Waals surface area contributed by atoms with Crippen molar-refractivity contribution < 1.29 is 18.7 Å². The smallest absolute Gasteiger partial charge is 0.306 e. The van der Waals surface area contributed by atoms with Crippen LogP contribution in [0.5, 0.6) is 0 Å². The molecule has 0 saturated carbocycles. The topological polar surface area (TPSA) is 71.8 Å². The minimum absolute atomic E-state index is 0.184. The van der Waals surface area contributed by atoms with Gasteiger partial charge in [0.25, 0.3) is 5.91 Å². The zero-order valence-electron chi connectivity index (χ0n) is 15.6. The number of nitrogens with one attached hydrogen (secondary N) is 1. The average molecular weight is 370 g/mol. The zero-order chi connectivity index (χ0) is 19.1. The molecule has 2 heterocycles. The van der Waals surface area contributed by atoms with Crippen LogP contribution in [0.3, 0.4) is 0 Å². The number of carbonyl (C=O) groups is 2. The molecule has 6 heteroatoms. The van der Waals surface area contributed by atoms with Gasteiger partial charge in [-0.1, -0.05) is 6.92 Å². The van der Waals surface area contributed by atoms with E-state index >= 15 is 0 Å². The number of rotatable bonds is 7. The fraction of sp³-hybridized carbons (Fsp3) is 0.429. The van der Waals surface area contributed by atoms with Crippen LogP contribution >= 0.6 is 0 Å². The molecule has 1 aromatic heterocycles. The number of furan rings is 1. The first-order chi connectivity index (χ1) is 13.1. The molecule has 0 radical (unpaired) electrons. The van der Waals surface area contributed by atoms with Gasteiger partial charge >= 0.3 is 5.97 Å². The number of nitrogens with zero attached hydrogens (tertiary/aromatic N) is 1. The highest BCUT2D eigenvalue weighted by molar-refractivity contribution is 5.92. The zero-order valence-corrected chi connectivity index (χ0v) is 15.6. The van der Waals surface area contributed by atoms with Crippen LogP contribution < -0.4 is 10.2 Å². The van der Waals surface area contributed by atoms with Crippen molar-refractivity contribution in [2.75, 3.05) is 29.9 Å². The van der Waals surface area contributed by atoms with Crippen molar-refractivity contribution in [3.8, 4) is 0 Å². The van der Waals surface area contributed by atoms with Gasteiger partial charge in [0.15, 0.2) is 6.61 Å². The Balaban J connectivity index is 1.39. The second-order valence-corrected chi connectivity index (χ2v) is 7.00. The Kier molecular flexibility index (Phi) is 6.52. The second-order valence-electron chi connectivity index (χ2n) is 7.00. The third-order valence-electron chi connectivity index (χ3n) is 4.82. The summed E-state index contributed by atoms with van der Waals surface area (Å²) in [5.41, 5.74) is 1.87. The van der Waals surface area contributed by atoms with E-state index in [9.17, 15) is 9.59 Å². The van der Waals surface area contributed by atoms with Crippen molar-refractivity contribution in [2.45, 2.75) is 32.6 Å². The van der Waals surface area contributed by atoms with Crippen LogP contribution in [0.4, 0.5) is 11.4 Å². The Morgan fingerprint density at radius 3 is 2.59 bits per heavy atom. The Labute approximate surface area is 159 Å². The van der Waals surface area contributed by atoms with Crippen LogP contribution in [0.1, 0.15) is 31.9 Å². The van der Waals surface area contributed by atoms with Gasteiger partial charge < -0.3 is 19.4 Å². The van der Waals surface area contributed by atoms with Crippen LogP contribution in [0, 0.1) is 5.92 Å². The molecule has 0 atom stereocenters. The summed E-state index contributed by atoms with van der Waals surface area (Å²) in [6.45, 7) is 4.14. The Bertz CT molecular complexity index is 732. The van der Waals surface area contributed by atoms with Crippen LogP contribution in [0.25, 0.3) is 0 Å². The maximum Gasteiger partial charge on any atom is 0.306 e. The number of hydrogen-bond donors (Lipinski definition) is 1. The molecule has 1 aromatic carbocycles. The minimum atomic E-state index is -0.420. The van der Waals surface area contributed by atoms with Gasteiger partial charge in [0, 0.05) is 30.9 Å². The molecular formula is C21H26N2O4. The highest BCUT2D eigenvalue weighted by Gasteiger charge is 2.16. The summed E-state index contributed by atoms with van der Waals surface area (Å²) in [5.74, 6) is 0.748. The lowest BCUT2D eigenvalue weighted by molar-refractivity contribution is -0.147. The standard InChI is InChI=1S/C21H26N2O4/c1-16-10-12-23(13-11-16)18-6-4-17(5-7-18)22-20(24)15-27-21(25)9-8-19-3-2-14-26-19/h2-7,14,16H,8-13,15H2,1H3,(H,22,24). The Morgan fingerprint density at radius 2 is 1.93 bits per heavy atom. The predicted molar refractivity (Wildman–Crippen MR) is 104 cm³/mol. The van der Waals surface area contributed by atoms with E-state index < -0.39 is 5.97 Å². The van der Waals surface area contributed by atoms with Gasteiger partial charge in [-0.3, -0.25) is 9.59 Å². The largest absolute Gasteiger partial charge is 0.469 e. The number of amides is 1. The fourth-order valence-electron chi connectivity index (χ4n) is 3.12. The molecule has 1 saturated heterocycles. The molecule has 2 aromatic rings. The van der Waals surface area contributed by atoms with Crippen molar-refractivity contribution in [3.63, 3.8) is 0 Å². The monoisotopic (exact) mass is 370 g/mol. The first-order valence-corrected chi connectivity index (χ1v) is 9.43. The molecule has 1 aliphatic heterocycles. The molecule has 1 N–H and O–H groups in total.